The topological polar surface area (TPSA) is 27.3 Å². The van der Waals surface area contributed by atoms with Crippen molar-refractivity contribution in [1.29, 1.82) is 0 Å². The van der Waals surface area contributed by atoms with Crippen LogP contribution in [0.25, 0.3) is 5.70 Å². The summed E-state index contributed by atoms with van der Waals surface area (Å²) in [5.74, 6) is 0. The van der Waals surface area contributed by atoms with Gasteiger partial charge in [0.15, 0.2) is 0 Å². The van der Waals surface area contributed by atoms with Gasteiger partial charge in [-0.25, -0.2) is 0 Å². The Balaban J connectivity index is 2.15. The van der Waals surface area contributed by atoms with Crippen molar-refractivity contribution < 1.29 is 0 Å². The van der Waals surface area contributed by atoms with Crippen LogP contribution in [-0.4, -0.2) is 18.2 Å². The number of anilines is 1. The fourth-order valence-corrected chi connectivity index (χ4v) is 1.86. The molecule has 0 atom stereocenters. The first kappa shape index (κ1) is 6.83. The molecule has 2 N–H and O–H groups in total. The quantitative estimate of drug-likeness (QED) is 0.618. The van der Waals surface area contributed by atoms with Gasteiger partial charge < -0.3 is 15.5 Å². The molecule has 0 saturated carbocycles. The Morgan fingerprint density at radius 1 is 1.15 bits per heavy atom. The van der Waals surface area contributed by atoms with E-state index in [0.717, 1.165) is 13.3 Å². The minimum Gasteiger partial charge on any atom is -0.372 e. The van der Waals surface area contributed by atoms with Gasteiger partial charge in [-0.1, -0.05) is 18.2 Å². The second kappa shape index (κ2) is 2.42. The first-order valence-corrected chi connectivity index (χ1v) is 4.47. The number of rotatable bonds is 0. The van der Waals surface area contributed by atoms with Gasteiger partial charge in [0.05, 0.1) is 19.0 Å². The Hall–Kier alpha value is -1.64. The highest BCUT2D eigenvalue weighted by Crippen LogP contribution is 2.31. The summed E-state index contributed by atoms with van der Waals surface area (Å²) < 4.78 is 0. The Bertz CT molecular complexity index is 370. The molecule has 2 aliphatic heterocycles. The van der Waals surface area contributed by atoms with Gasteiger partial charge in [0, 0.05) is 17.5 Å². The molecule has 3 rings (SSSR count). The molecule has 0 bridgehead atoms. The normalized spacial score (nSPS) is 18.2. The largest absolute Gasteiger partial charge is 0.372 e. The summed E-state index contributed by atoms with van der Waals surface area (Å²) in [6.45, 7) is 1.81. The van der Waals surface area contributed by atoms with Crippen molar-refractivity contribution >= 4 is 11.4 Å². The van der Waals surface area contributed by atoms with Gasteiger partial charge in [0.25, 0.3) is 0 Å². The lowest BCUT2D eigenvalue weighted by atomic mass is 10.1. The van der Waals surface area contributed by atoms with Crippen LogP contribution in [0.4, 0.5) is 5.69 Å². The van der Waals surface area contributed by atoms with Crippen LogP contribution in [0.5, 0.6) is 0 Å². The molecular weight excluding hydrogens is 162 g/mol. The summed E-state index contributed by atoms with van der Waals surface area (Å²) in [6.07, 6.45) is 2.08. The molecular formula is C10H11N3. The Labute approximate surface area is 77.0 Å². The molecule has 0 unspecified atom stereocenters. The van der Waals surface area contributed by atoms with Crippen molar-refractivity contribution in [3.8, 4) is 0 Å². The molecule has 0 aliphatic carbocycles. The fraction of sp³-hybridized carbons (Fsp3) is 0.200. The third kappa shape index (κ3) is 0.900. The second-order valence-electron chi connectivity index (χ2n) is 3.31. The minimum atomic E-state index is 0.899. The van der Waals surface area contributed by atoms with Crippen LogP contribution in [0.3, 0.4) is 0 Å². The average Bonchev–Trinajstić information content (AvgIpc) is 2.65. The Morgan fingerprint density at radius 3 is 3.08 bits per heavy atom. The van der Waals surface area contributed by atoms with E-state index in [0.29, 0.717) is 0 Å². The summed E-state index contributed by atoms with van der Waals surface area (Å²) >= 11 is 0. The van der Waals surface area contributed by atoms with Gasteiger partial charge in [-0.3, -0.25) is 0 Å². The second-order valence-corrected chi connectivity index (χ2v) is 3.31. The molecule has 3 nitrogen and oxygen atoms in total. The molecule has 1 aromatic rings. The summed E-state index contributed by atoms with van der Waals surface area (Å²) in [5.41, 5.74) is 3.82. The first-order chi connectivity index (χ1) is 6.45. The SMILES string of the molecule is C1=C2c3ccccc3NCN2CN1. The molecule has 0 saturated heterocycles. The van der Waals surface area contributed by atoms with E-state index in [1.165, 1.54) is 16.9 Å². The zero-order chi connectivity index (χ0) is 8.67. The van der Waals surface area contributed by atoms with Crippen molar-refractivity contribution in [3.63, 3.8) is 0 Å². The van der Waals surface area contributed by atoms with Crippen LogP contribution in [0, 0.1) is 0 Å². The number of hydrogen-bond donors (Lipinski definition) is 2. The molecule has 0 spiro atoms. The average molecular weight is 173 g/mol. The molecule has 0 fully saturated rings. The van der Waals surface area contributed by atoms with Gasteiger partial charge in [-0.15, -0.1) is 0 Å². The number of nitrogens with zero attached hydrogens (tertiary/aromatic N) is 1. The van der Waals surface area contributed by atoms with E-state index in [1.807, 2.05) is 0 Å². The monoisotopic (exact) mass is 173 g/mol. The molecule has 1 aromatic carbocycles. The van der Waals surface area contributed by atoms with Crippen molar-refractivity contribution in [2.45, 2.75) is 0 Å². The maximum absolute atomic E-state index is 3.38. The number of para-hydroxylation sites is 1. The zero-order valence-electron chi connectivity index (χ0n) is 7.25. The van der Waals surface area contributed by atoms with Gasteiger partial charge in [-0.05, 0) is 6.07 Å². The predicted molar refractivity (Wildman–Crippen MR) is 52.8 cm³/mol. The van der Waals surface area contributed by atoms with Gasteiger partial charge in [-0.2, -0.15) is 0 Å². The van der Waals surface area contributed by atoms with Crippen LogP contribution >= 0.6 is 0 Å². The maximum Gasteiger partial charge on any atom is 0.0894 e. The van der Waals surface area contributed by atoms with Crippen molar-refractivity contribution in [3.05, 3.63) is 36.0 Å². The van der Waals surface area contributed by atoms with E-state index in [-0.39, 0.29) is 0 Å². The summed E-state index contributed by atoms with van der Waals surface area (Å²) in [5, 5.41) is 6.61. The maximum atomic E-state index is 3.38. The lowest BCUT2D eigenvalue weighted by Gasteiger charge is -2.29. The van der Waals surface area contributed by atoms with E-state index < -0.39 is 0 Å². The van der Waals surface area contributed by atoms with Crippen molar-refractivity contribution in [2.24, 2.45) is 0 Å². The number of fused-ring (bicyclic) bond motifs is 3. The van der Waals surface area contributed by atoms with E-state index in [2.05, 4.69) is 46.0 Å². The number of nitrogens with one attached hydrogen (secondary N) is 2. The third-order valence-electron chi connectivity index (χ3n) is 2.53. The molecule has 0 amide bonds. The molecule has 3 heteroatoms. The molecule has 13 heavy (non-hydrogen) atoms. The molecule has 0 aromatic heterocycles. The molecule has 2 aliphatic rings. The summed E-state index contributed by atoms with van der Waals surface area (Å²) in [7, 11) is 0. The van der Waals surface area contributed by atoms with E-state index >= 15 is 0 Å². The first-order valence-electron chi connectivity index (χ1n) is 4.47. The lowest BCUT2D eigenvalue weighted by molar-refractivity contribution is 0.431. The van der Waals surface area contributed by atoms with Crippen LogP contribution in [-0.2, 0) is 0 Å². The van der Waals surface area contributed by atoms with E-state index in [4.69, 9.17) is 0 Å². The standard InChI is InChI=1S/C10H11N3/c1-2-4-9-8(3-1)10-5-11-6-13(10)7-12-9/h1-5,11-12H,6-7H2. The molecule has 2 heterocycles. The van der Waals surface area contributed by atoms with E-state index in [9.17, 15) is 0 Å². The zero-order valence-corrected chi connectivity index (χ0v) is 7.25. The molecule has 0 radical (unpaired) electrons. The highest BCUT2D eigenvalue weighted by molar-refractivity contribution is 5.78. The summed E-state index contributed by atoms with van der Waals surface area (Å²) in [6, 6.07) is 8.40. The predicted octanol–water partition coefficient (Wildman–Crippen LogP) is 1.23. The van der Waals surface area contributed by atoms with Crippen LogP contribution in [0.15, 0.2) is 30.5 Å². The number of hydrogen-bond acceptors (Lipinski definition) is 3. The smallest absolute Gasteiger partial charge is 0.0894 e. The van der Waals surface area contributed by atoms with Gasteiger partial charge in [0.2, 0.25) is 0 Å². The highest BCUT2D eigenvalue weighted by atomic mass is 15.3. The summed E-state index contributed by atoms with van der Waals surface area (Å²) in [4.78, 5) is 2.28. The third-order valence-corrected chi connectivity index (χ3v) is 2.53. The number of benzene rings is 1. The van der Waals surface area contributed by atoms with Gasteiger partial charge in [0.1, 0.15) is 0 Å². The molecule has 66 valence electrons. The highest BCUT2D eigenvalue weighted by Gasteiger charge is 2.22. The van der Waals surface area contributed by atoms with Crippen LogP contribution in [0.2, 0.25) is 0 Å². The Morgan fingerprint density at radius 2 is 2.08 bits per heavy atom. The van der Waals surface area contributed by atoms with Crippen LogP contribution in [0.1, 0.15) is 5.56 Å². The Kier molecular flexibility index (Phi) is 1.27. The fourth-order valence-electron chi connectivity index (χ4n) is 1.86. The minimum absolute atomic E-state index is 0.899. The lowest BCUT2D eigenvalue weighted by Crippen LogP contribution is -2.32. The van der Waals surface area contributed by atoms with Crippen molar-refractivity contribution in [1.82, 2.24) is 10.2 Å². The van der Waals surface area contributed by atoms with E-state index in [1.54, 1.807) is 0 Å². The van der Waals surface area contributed by atoms with Crippen molar-refractivity contribution in [2.75, 3.05) is 18.7 Å². The van der Waals surface area contributed by atoms with Crippen LogP contribution < -0.4 is 10.6 Å². The van der Waals surface area contributed by atoms with Gasteiger partial charge >= 0.3 is 0 Å².